The lowest BCUT2D eigenvalue weighted by Gasteiger charge is -2.25. The minimum atomic E-state index is -3.70. The number of oxazole rings is 1. The van der Waals surface area contributed by atoms with Crippen LogP contribution in [-0.2, 0) is 27.8 Å². The minimum Gasteiger partial charge on any atom is -0.435 e. The van der Waals surface area contributed by atoms with Gasteiger partial charge in [-0.1, -0.05) is 24.3 Å². The third-order valence-electron chi connectivity index (χ3n) is 13.6. The van der Waals surface area contributed by atoms with E-state index in [1.165, 1.54) is 0 Å². The highest BCUT2D eigenvalue weighted by Crippen LogP contribution is 2.45. The van der Waals surface area contributed by atoms with Gasteiger partial charge >= 0.3 is 0 Å². The summed E-state index contributed by atoms with van der Waals surface area (Å²) in [4.78, 5) is 32.1. The molecular formula is C47H48N8O5S. The molecule has 312 valence electrons. The van der Waals surface area contributed by atoms with Gasteiger partial charge in [0.05, 0.1) is 16.8 Å². The number of nitrogens with one attached hydrogen (secondary N) is 2. The maximum Gasteiger partial charge on any atom is 0.240 e. The van der Waals surface area contributed by atoms with Crippen LogP contribution in [0.15, 0.2) is 71.4 Å². The molecular weight excluding hydrogens is 789 g/mol. The summed E-state index contributed by atoms with van der Waals surface area (Å²) in [6.07, 6.45) is 7.43. The Kier molecular flexibility index (Phi) is 9.71. The van der Waals surface area contributed by atoms with Crippen LogP contribution in [0.4, 0.5) is 11.5 Å². The number of likely N-dealkylation sites (tertiary alicyclic amines) is 2. The smallest absolute Gasteiger partial charge is 0.240 e. The molecule has 0 bridgehead atoms. The molecule has 3 N–H and O–H groups in total. The van der Waals surface area contributed by atoms with Crippen LogP contribution in [-0.4, -0.2) is 81.2 Å². The highest BCUT2D eigenvalue weighted by molar-refractivity contribution is 7.91. The molecule has 10 rings (SSSR count). The van der Waals surface area contributed by atoms with E-state index in [4.69, 9.17) is 14.4 Å². The molecule has 2 aliphatic heterocycles. The van der Waals surface area contributed by atoms with Crippen molar-refractivity contribution in [2.24, 2.45) is 5.92 Å². The van der Waals surface area contributed by atoms with Crippen LogP contribution in [0.3, 0.4) is 0 Å². The van der Waals surface area contributed by atoms with Crippen LogP contribution in [0, 0.1) is 31.1 Å². The second kappa shape index (κ2) is 15.0. The van der Waals surface area contributed by atoms with E-state index in [0.29, 0.717) is 73.7 Å². The molecule has 3 aromatic heterocycles. The summed E-state index contributed by atoms with van der Waals surface area (Å²) < 4.78 is 33.5. The number of benzene rings is 3. The maximum absolute atomic E-state index is 13.1. The largest absolute Gasteiger partial charge is 0.435 e. The van der Waals surface area contributed by atoms with E-state index < -0.39 is 26.6 Å². The number of aliphatic hydroxyl groups excluding tert-OH is 1. The zero-order valence-electron chi connectivity index (χ0n) is 34.5. The molecule has 3 atom stereocenters. The van der Waals surface area contributed by atoms with E-state index >= 15 is 0 Å². The number of carbonyl (C=O) groups is 1. The van der Waals surface area contributed by atoms with Crippen molar-refractivity contribution in [2.45, 2.75) is 82.7 Å². The van der Waals surface area contributed by atoms with E-state index in [1.807, 2.05) is 42.6 Å². The fourth-order valence-electron chi connectivity index (χ4n) is 9.66. The number of rotatable bonds is 10. The maximum atomic E-state index is 13.1. The zero-order valence-corrected chi connectivity index (χ0v) is 35.3. The number of sulfonamides is 1. The van der Waals surface area contributed by atoms with E-state index in [2.05, 4.69) is 62.9 Å². The summed E-state index contributed by atoms with van der Waals surface area (Å²) in [6, 6.07) is 20.8. The minimum absolute atomic E-state index is 0.0103. The highest BCUT2D eigenvalue weighted by atomic mass is 32.2. The van der Waals surface area contributed by atoms with Crippen LogP contribution in [0.2, 0.25) is 0 Å². The first-order valence-corrected chi connectivity index (χ1v) is 22.7. The number of β-amino-alcohol motifs (C(OH)–C–C–N with tert-alkyl or cyclic N) is 1. The van der Waals surface area contributed by atoms with E-state index in [1.54, 1.807) is 13.1 Å². The van der Waals surface area contributed by atoms with Crippen LogP contribution < -0.4 is 10.0 Å². The van der Waals surface area contributed by atoms with Crippen molar-refractivity contribution < 1.29 is 22.7 Å². The lowest BCUT2D eigenvalue weighted by molar-refractivity contribution is -0.122. The van der Waals surface area contributed by atoms with Gasteiger partial charge < -0.3 is 14.8 Å². The molecule has 1 saturated carbocycles. The van der Waals surface area contributed by atoms with E-state index in [-0.39, 0.29) is 12.1 Å². The summed E-state index contributed by atoms with van der Waals surface area (Å²) in [7, 11) is -3.70. The zero-order chi connectivity index (χ0) is 42.2. The molecule has 14 heteroatoms. The predicted octanol–water partition coefficient (Wildman–Crippen LogP) is 7.21. The lowest BCUT2D eigenvalue weighted by atomic mass is 9.93. The van der Waals surface area contributed by atoms with Gasteiger partial charge in [0.1, 0.15) is 22.7 Å². The molecule has 3 aromatic carbocycles. The molecule has 0 spiro atoms. The Bertz CT molecular complexity index is 2920. The van der Waals surface area contributed by atoms with Gasteiger partial charge in [-0.05, 0) is 135 Å². The Balaban J connectivity index is 0.904. The second-order valence-electron chi connectivity index (χ2n) is 17.6. The van der Waals surface area contributed by atoms with Crippen molar-refractivity contribution in [3.63, 3.8) is 0 Å². The molecule has 2 saturated heterocycles. The first-order chi connectivity index (χ1) is 29.4. The number of anilines is 2. The molecule has 5 heterocycles. The van der Waals surface area contributed by atoms with Crippen molar-refractivity contribution in [3.8, 4) is 28.7 Å². The Morgan fingerprint density at radius 3 is 2.56 bits per heavy atom. The topological polar surface area (TPSA) is 178 Å². The first kappa shape index (κ1) is 39.4. The van der Waals surface area contributed by atoms with Gasteiger partial charge in [0.2, 0.25) is 21.8 Å². The highest BCUT2D eigenvalue weighted by Gasteiger charge is 2.51. The third kappa shape index (κ3) is 7.03. The average Bonchev–Trinajstić information content (AvgIpc) is 3.70. The molecule has 61 heavy (non-hydrogen) atoms. The van der Waals surface area contributed by atoms with Crippen LogP contribution in [0.25, 0.3) is 44.6 Å². The fraction of sp³-hybridized carbons (Fsp3) is 0.383. The molecule has 0 radical (unpaired) electrons. The number of carbonyl (C=O) groups excluding carboxylic acids is 1. The Morgan fingerprint density at radius 2 is 1.79 bits per heavy atom. The molecule has 13 nitrogen and oxygen atoms in total. The number of hydrogen-bond acceptors (Lipinski definition) is 12. The van der Waals surface area contributed by atoms with Crippen LogP contribution in [0.1, 0.15) is 78.5 Å². The Morgan fingerprint density at radius 1 is 1.00 bits per heavy atom. The second-order valence-corrected chi connectivity index (χ2v) is 19.8. The fourth-order valence-corrected chi connectivity index (χ4v) is 11.0. The van der Waals surface area contributed by atoms with E-state index in [9.17, 15) is 23.6 Å². The van der Waals surface area contributed by atoms with Crippen LogP contribution >= 0.6 is 0 Å². The molecule has 2 aliphatic carbocycles. The number of aliphatic hydroxyl groups is 1. The summed E-state index contributed by atoms with van der Waals surface area (Å²) >= 11 is 0. The van der Waals surface area contributed by atoms with E-state index in [0.717, 1.165) is 87.0 Å². The normalized spacial score (nSPS) is 21.2. The molecule has 3 fully saturated rings. The van der Waals surface area contributed by atoms with Gasteiger partial charge in [-0.25, -0.2) is 18.4 Å². The number of fused-ring (bicyclic) bond motifs is 3. The van der Waals surface area contributed by atoms with Gasteiger partial charge in [0, 0.05) is 61.3 Å². The van der Waals surface area contributed by atoms with Crippen molar-refractivity contribution >= 4 is 49.4 Å². The molecule has 6 aromatic rings. The van der Waals surface area contributed by atoms with Gasteiger partial charge in [0.25, 0.3) is 0 Å². The number of pyridine rings is 2. The molecule has 1 amide bonds. The monoisotopic (exact) mass is 836 g/mol. The van der Waals surface area contributed by atoms with Gasteiger partial charge in [-0.3, -0.25) is 24.3 Å². The number of nitrogens with zero attached hydrogens (tertiary/aromatic N) is 6. The lowest BCUT2D eigenvalue weighted by Crippen LogP contribution is -2.42. The van der Waals surface area contributed by atoms with Gasteiger partial charge in [-0.2, -0.15) is 5.26 Å². The number of aromatic nitrogens is 3. The quantitative estimate of drug-likeness (QED) is 0.127. The summed E-state index contributed by atoms with van der Waals surface area (Å²) in [5.74, 6) is 0.261. The number of nitriles is 1. The standard InChI is InChI=1S/C47H48N8O5S/c1-27-33(34-7-5-9-39(28(34)2)51-44-42-30(12-17-49-44)20-29(23-50-42)24-54-18-14-32(56)26-54)6-4-8-35(27)46-52-40-21-37-36(38(22-48)43(40)60-46)10-11-41(37)55-19-13-31(25-55)45(57)53-61(58,59)47(3)15-16-47/h4-9,12,17,20-21,23,31-32,41,56H,10-11,13-16,18-19,24-26H2,1-3H3,(H,49,51)(H,53,57)/t31-,32-,41?/m1/s1. The average molecular weight is 837 g/mol. The summed E-state index contributed by atoms with van der Waals surface area (Å²) in [5.41, 5.74) is 11.3. The van der Waals surface area contributed by atoms with Crippen LogP contribution in [0.5, 0.6) is 0 Å². The van der Waals surface area contributed by atoms with Crippen molar-refractivity contribution in [1.82, 2.24) is 29.5 Å². The summed E-state index contributed by atoms with van der Waals surface area (Å²) in [5, 5.41) is 25.0. The predicted molar refractivity (Wildman–Crippen MR) is 233 cm³/mol. The summed E-state index contributed by atoms with van der Waals surface area (Å²) in [6.45, 7) is 9.26. The Labute approximate surface area is 354 Å². The molecule has 1 unspecified atom stereocenters. The first-order valence-electron chi connectivity index (χ1n) is 21.2. The number of amides is 1. The van der Waals surface area contributed by atoms with Gasteiger partial charge in [0.15, 0.2) is 11.4 Å². The van der Waals surface area contributed by atoms with Crippen molar-refractivity contribution in [3.05, 3.63) is 100 Å². The third-order valence-corrected chi connectivity index (χ3v) is 15.8. The van der Waals surface area contributed by atoms with Gasteiger partial charge in [-0.15, -0.1) is 0 Å². The Hall–Kier alpha value is -5.72. The molecule has 4 aliphatic rings. The van der Waals surface area contributed by atoms with Crippen molar-refractivity contribution in [2.75, 3.05) is 31.5 Å². The van der Waals surface area contributed by atoms with Crippen molar-refractivity contribution in [1.29, 1.82) is 5.26 Å². The SMILES string of the molecule is Cc1c(Nc2nccc3cc(CN4CC[C@@H](O)C4)cnc23)cccc1-c1cccc(-c2nc3cc4c(c(C#N)c3o2)CCC4N2CC[C@@H](C(=O)NS(=O)(=O)C3(C)CC3)C2)c1C. The number of hydrogen-bond donors (Lipinski definition) is 3.